The number of H-pyrrole nitrogens is 1. The van der Waals surface area contributed by atoms with Gasteiger partial charge in [-0.25, -0.2) is 4.79 Å². The molecule has 1 aliphatic carbocycles. The van der Waals surface area contributed by atoms with Crippen LogP contribution in [0.1, 0.15) is 51.0 Å². The summed E-state index contributed by atoms with van der Waals surface area (Å²) in [7, 11) is 0. The average Bonchev–Trinajstić information content (AvgIpc) is 2.56. The van der Waals surface area contributed by atoms with Gasteiger partial charge in [-0.2, -0.15) is 0 Å². The van der Waals surface area contributed by atoms with Crippen molar-refractivity contribution in [2.24, 2.45) is 5.92 Å². The first-order chi connectivity index (χ1) is 11.5. The molecule has 0 unspecified atom stereocenters. The molecule has 0 bridgehead atoms. The van der Waals surface area contributed by atoms with Crippen molar-refractivity contribution in [3.63, 3.8) is 0 Å². The van der Waals surface area contributed by atoms with Gasteiger partial charge in [0.15, 0.2) is 0 Å². The van der Waals surface area contributed by atoms with E-state index in [1.54, 1.807) is 18.2 Å². The van der Waals surface area contributed by atoms with Crippen LogP contribution in [0.5, 0.6) is 0 Å². The van der Waals surface area contributed by atoms with E-state index in [1.807, 2.05) is 0 Å². The number of rotatable bonds is 5. The topological polar surface area (TPSA) is 71.9 Å². The summed E-state index contributed by atoms with van der Waals surface area (Å²) in [4.78, 5) is 39.0. The van der Waals surface area contributed by atoms with Crippen LogP contribution in [0.4, 0.5) is 0 Å². The molecule has 1 saturated carbocycles. The number of benzene rings is 1. The van der Waals surface area contributed by atoms with Crippen molar-refractivity contribution in [1.82, 2.24) is 9.55 Å². The third-order valence-corrected chi connectivity index (χ3v) is 4.99. The highest BCUT2D eigenvalue weighted by molar-refractivity contribution is 5.82. The Morgan fingerprint density at radius 2 is 1.96 bits per heavy atom. The fourth-order valence-electron chi connectivity index (χ4n) is 3.69. The van der Waals surface area contributed by atoms with E-state index in [0.29, 0.717) is 29.8 Å². The lowest BCUT2D eigenvalue weighted by molar-refractivity contribution is -0.116. The first-order valence-corrected chi connectivity index (χ1v) is 8.80. The molecular formula is C19H24N2O3. The minimum atomic E-state index is -0.345. The van der Waals surface area contributed by atoms with Gasteiger partial charge in [0.25, 0.3) is 5.56 Å². The van der Waals surface area contributed by atoms with Crippen LogP contribution >= 0.6 is 0 Å². The summed E-state index contributed by atoms with van der Waals surface area (Å²) in [6.45, 7) is 1.99. The number of nitrogens with zero attached hydrogens (tertiary/aromatic N) is 1. The summed E-state index contributed by atoms with van der Waals surface area (Å²) >= 11 is 0. The third-order valence-electron chi connectivity index (χ3n) is 4.99. The van der Waals surface area contributed by atoms with E-state index < -0.39 is 0 Å². The van der Waals surface area contributed by atoms with Crippen LogP contribution in [0.15, 0.2) is 27.8 Å². The first kappa shape index (κ1) is 16.7. The van der Waals surface area contributed by atoms with E-state index in [1.165, 1.54) is 43.6 Å². The van der Waals surface area contributed by atoms with Crippen LogP contribution in [-0.4, -0.2) is 15.3 Å². The molecule has 1 N–H and O–H groups in total. The molecule has 1 fully saturated rings. The molecule has 0 atom stereocenters. The highest BCUT2D eigenvalue weighted by Gasteiger charge is 2.15. The lowest BCUT2D eigenvalue weighted by Crippen LogP contribution is -2.35. The Balaban J connectivity index is 1.90. The lowest BCUT2D eigenvalue weighted by atomic mass is 9.87. The summed E-state index contributed by atoms with van der Waals surface area (Å²) in [5, 5.41) is 0.483. The van der Waals surface area contributed by atoms with Crippen molar-refractivity contribution in [1.29, 1.82) is 0 Å². The maximum absolute atomic E-state index is 12.7. The quantitative estimate of drug-likeness (QED) is 0.917. The zero-order valence-corrected chi connectivity index (χ0v) is 14.1. The van der Waals surface area contributed by atoms with Gasteiger partial charge in [-0.15, -0.1) is 0 Å². The van der Waals surface area contributed by atoms with Crippen LogP contribution in [0.25, 0.3) is 10.9 Å². The highest BCUT2D eigenvalue weighted by Crippen LogP contribution is 2.26. The van der Waals surface area contributed by atoms with E-state index in [-0.39, 0.29) is 17.0 Å². The maximum atomic E-state index is 12.7. The first-order valence-electron chi connectivity index (χ1n) is 8.80. The molecular weight excluding hydrogens is 304 g/mol. The smallest absolute Gasteiger partial charge is 0.307 e. The number of carbonyl (C=O) groups is 1. The molecule has 24 heavy (non-hydrogen) atoms. The summed E-state index contributed by atoms with van der Waals surface area (Å²) < 4.78 is 1.31. The van der Waals surface area contributed by atoms with Gasteiger partial charge in [0.1, 0.15) is 5.78 Å². The fourth-order valence-corrected chi connectivity index (χ4v) is 3.69. The molecule has 0 saturated heterocycles. The second-order valence-corrected chi connectivity index (χ2v) is 6.94. The van der Waals surface area contributed by atoms with Crippen molar-refractivity contribution in [2.75, 3.05) is 0 Å². The zero-order chi connectivity index (χ0) is 17.1. The van der Waals surface area contributed by atoms with Crippen LogP contribution in [0, 0.1) is 5.92 Å². The standard InChI is InChI=1S/C19H24N2O3/c1-13(22)11-15-7-8-17-16(12-15)18(23)21(19(24)20-17)10-9-14-5-3-2-4-6-14/h7-8,12,14H,2-6,9-11H2,1H3,(H,20,24). The molecule has 128 valence electrons. The van der Waals surface area contributed by atoms with Gasteiger partial charge in [0, 0.05) is 13.0 Å². The minimum absolute atomic E-state index is 0.0522. The second-order valence-electron chi connectivity index (χ2n) is 6.94. The van der Waals surface area contributed by atoms with Crippen molar-refractivity contribution in [3.05, 3.63) is 44.6 Å². The number of hydrogen-bond donors (Lipinski definition) is 1. The summed E-state index contributed by atoms with van der Waals surface area (Å²) in [6.07, 6.45) is 7.38. The number of hydrogen-bond acceptors (Lipinski definition) is 3. The molecule has 0 amide bonds. The van der Waals surface area contributed by atoms with E-state index >= 15 is 0 Å². The van der Waals surface area contributed by atoms with Crippen molar-refractivity contribution >= 4 is 16.7 Å². The monoisotopic (exact) mass is 328 g/mol. The average molecular weight is 328 g/mol. The zero-order valence-electron chi connectivity index (χ0n) is 14.1. The van der Waals surface area contributed by atoms with E-state index in [4.69, 9.17) is 0 Å². The molecule has 2 aromatic rings. The molecule has 5 nitrogen and oxygen atoms in total. The van der Waals surface area contributed by atoms with Gasteiger partial charge in [0.2, 0.25) is 0 Å². The molecule has 1 aromatic carbocycles. The maximum Gasteiger partial charge on any atom is 0.328 e. The Morgan fingerprint density at radius 3 is 2.67 bits per heavy atom. The number of Topliss-reactive ketones (excluding diaryl/α,β-unsaturated/α-hetero) is 1. The van der Waals surface area contributed by atoms with Gasteiger partial charge < -0.3 is 4.98 Å². The van der Waals surface area contributed by atoms with Crippen molar-refractivity contribution in [2.45, 2.75) is 58.4 Å². The Labute approximate surface area is 140 Å². The molecule has 5 heteroatoms. The minimum Gasteiger partial charge on any atom is -0.307 e. The predicted octanol–water partition coefficient (Wildman–Crippen LogP) is 2.79. The number of aromatic nitrogens is 2. The predicted molar refractivity (Wildman–Crippen MR) is 94.4 cm³/mol. The fraction of sp³-hybridized carbons (Fsp3) is 0.526. The van der Waals surface area contributed by atoms with Gasteiger partial charge in [-0.05, 0) is 37.0 Å². The Bertz CT molecular complexity index is 857. The summed E-state index contributed by atoms with van der Waals surface area (Å²) in [6, 6.07) is 5.22. The van der Waals surface area contributed by atoms with Crippen molar-refractivity contribution < 1.29 is 4.79 Å². The molecule has 0 spiro atoms. The normalized spacial score (nSPS) is 15.7. The van der Waals surface area contributed by atoms with Crippen LogP contribution in [0.3, 0.4) is 0 Å². The Hall–Kier alpha value is -2.17. The van der Waals surface area contributed by atoms with Crippen LogP contribution in [0.2, 0.25) is 0 Å². The number of nitrogens with one attached hydrogen (secondary N) is 1. The van der Waals surface area contributed by atoms with E-state index in [9.17, 15) is 14.4 Å². The van der Waals surface area contributed by atoms with Gasteiger partial charge in [0.05, 0.1) is 10.9 Å². The number of aromatic amines is 1. The molecule has 0 radical (unpaired) electrons. The van der Waals surface area contributed by atoms with Crippen LogP contribution in [-0.2, 0) is 17.8 Å². The molecule has 1 aliphatic rings. The Kier molecular flexibility index (Phi) is 4.97. The number of fused-ring (bicyclic) bond motifs is 1. The lowest BCUT2D eigenvalue weighted by Gasteiger charge is -2.21. The van der Waals surface area contributed by atoms with Crippen molar-refractivity contribution in [3.8, 4) is 0 Å². The largest absolute Gasteiger partial charge is 0.328 e. The summed E-state index contributed by atoms with van der Waals surface area (Å²) in [5.41, 5.74) is 0.738. The van der Waals surface area contributed by atoms with E-state index in [2.05, 4.69) is 4.98 Å². The third kappa shape index (κ3) is 3.66. The van der Waals surface area contributed by atoms with Crippen LogP contribution < -0.4 is 11.2 Å². The molecule has 3 rings (SSSR count). The molecule has 0 aliphatic heterocycles. The SMILES string of the molecule is CC(=O)Cc1ccc2[nH]c(=O)n(CCC3CCCCC3)c(=O)c2c1. The number of carbonyl (C=O) groups excluding carboxylic acids is 1. The molecule has 1 heterocycles. The van der Waals surface area contributed by atoms with Gasteiger partial charge in [-0.3, -0.25) is 14.2 Å². The van der Waals surface area contributed by atoms with Gasteiger partial charge in [-0.1, -0.05) is 38.2 Å². The van der Waals surface area contributed by atoms with Gasteiger partial charge >= 0.3 is 5.69 Å². The molecule has 1 aromatic heterocycles. The van der Waals surface area contributed by atoms with E-state index in [0.717, 1.165) is 12.0 Å². The highest BCUT2D eigenvalue weighted by atomic mass is 16.2. The Morgan fingerprint density at radius 1 is 1.21 bits per heavy atom. The summed E-state index contributed by atoms with van der Waals surface area (Å²) in [5.74, 6) is 0.668. The second kappa shape index (κ2) is 7.16. The number of ketones is 1.